The molecule has 1 atom stereocenters. The van der Waals surface area contributed by atoms with Crippen LogP contribution in [0, 0.1) is 22.7 Å². The number of hydrogen-bond donors (Lipinski definition) is 1. The van der Waals surface area contributed by atoms with Crippen LogP contribution in [0.2, 0.25) is 0 Å². The normalized spacial score (nSPS) is 18.7. The van der Waals surface area contributed by atoms with Crippen LogP contribution in [0.25, 0.3) is 0 Å². The molecule has 0 saturated heterocycles. The molecule has 0 saturated carbocycles. The zero-order chi connectivity index (χ0) is 22.7. The number of benzene rings is 2. The predicted molar refractivity (Wildman–Crippen MR) is 116 cm³/mol. The Hall–Kier alpha value is -4.62. The lowest BCUT2D eigenvalue weighted by atomic mass is 9.80. The molecule has 156 valence electrons. The number of carbonyl (C=O) groups excluding carboxylic acids is 1. The van der Waals surface area contributed by atoms with E-state index in [4.69, 9.17) is 15.2 Å². The molecule has 7 nitrogen and oxygen atoms in total. The number of ether oxygens (including phenoxy) is 2. The van der Waals surface area contributed by atoms with Crippen LogP contribution in [0.15, 0.2) is 99.7 Å². The molecule has 32 heavy (non-hydrogen) atoms. The van der Waals surface area contributed by atoms with Crippen molar-refractivity contribution in [2.45, 2.75) is 12.8 Å². The van der Waals surface area contributed by atoms with Gasteiger partial charge in [-0.15, -0.1) is 0 Å². The molecule has 0 bridgehead atoms. The maximum absolute atomic E-state index is 12.5. The molecule has 2 aromatic carbocycles. The first kappa shape index (κ1) is 20.6. The lowest BCUT2D eigenvalue weighted by Crippen LogP contribution is -2.23. The second-order valence-electron chi connectivity index (χ2n) is 6.96. The van der Waals surface area contributed by atoms with Crippen molar-refractivity contribution >= 4 is 11.7 Å². The van der Waals surface area contributed by atoms with E-state index in [0.29, 0.717) is 11.3 Å². The number of nitrogens with zero attached hydrogens (tertiary/aromatic N) is 3. The molecule has 1 unspecified atom stereocenters. The molecule has 0 aliphatic carbocycles. The van der Waals surface area contributed by atoms with Gasteiger partial charge in [-0.2, -0.15) is 10.5 Å². The van der Waals surface area contributed by atoms with E-state index < -0.39 is 11.9 Å². The molecule has 0 aromatic heterocycles. The van der Waals surface area contributed by atoms with Crippen LogP contribution in [-0.2, 0) is 14.3 Å². The van der Waals surface area contributed by atoms with Gasteiger partial charge in [0.05, 0.1) is 18.2 Å². The van der Waals surface area contributed by atoms with Gasteiger partial charge in [-0.05, 0) is 12.5 Å². The second kappa shape index (κ2) is 8.63. The summed E-state index contributed by atoms with van der Waals surface area (Å²) in [6.45, 7) is 1.75. The molecule has 0 fully saturated rings. The number of nitriles is 2. The summed E-state index contributed by atoms with van der Waals surface area (Å²) in [4.78, 5) is 17.1. The largest absolute Gasteiger partial charge is 0.462 e. The molecule has 2 N–H and O–H groups in total. The molecular weight excluding hydrogens is 404 g/mol. The van der Waals surface area contributed by atoms with Gasteiger partial charge in [0.2, 0.25) is 5.88 Å². The van der Waals surface area contributed by atoms with E-state index in [1.165, 1.54) is 0 Å². The molecule has 0 radical (unpaired) electrons. The van der Waals surface area contributed by atoms with Gasteiger partial charge < -0.3 is 15.2 Å². The SMILES string of the molecule is CCOC(=O)/C(C#N)=C1/N=C(c2ccccc2)C2=C1OC(N)=C(C#N)C2c1ccccc1. The minimum absolute atomic E-state index is 0.0423. The third kappa shape index (κ3) is 3.42. The highest BCUT2D eigenvalue weighted by Crippen LogP contribution is 2.46. The van der Waals surface area contributed by atoms with Crippen molar-refractivity contribution in [2.24, 2.45) is 10.7 Å². The average Bonchev–Trinajstić information content (AvgIpc) is 3.18. The zero-order valence-electron chi connectivity index (χ0n) is 17.2. The number of nitrogens with two attached hydrogens (primary N) is 1. The standard InChI is InChI=1S/C25H18N4O3/c1-2-31-25(30)18(14-27)22-23-20(21(29-22)16-11-7-4-8-12-16)19(15-9-5-3-6-10-15)17(13-26)24(28)32-23/h3-12,19H,2,28H2,1H3/b22-18+. The quantitative estimate of drug-likeness (QED) is 0.456. The van der Waals surface area contributed by atoms with Crippen molar-refractivity contribution in [3.63, 3.8) is 0 Å². The Bertz CT molecular complexity index is 1290. The van der Waals surface area contributed by atoms with Crippen molar-refractivity contribution in [1.82, 2.24) is 0 Å². The summed E-state index contributed by atoms with van der Waals surface area (Å²) in [5.41, 5.74) is 8.74. The lowest BCUT2D eigenvalue weighted by molar-refractivity contribution is -0.138. The summed E-state index contributed by atoms with van der Waals surface area (Å²) in [6.07, 6.45) is 0. The first-order chi connectivity index (χ1) is 15.6. The van der Waals surface area contributed by atoms with Crippen LogP contribution in [-0.4, -0.2) is 18.3 Å². The van der Waals surface area contributed by atoms with Gasteiger partial charge >= 0.3 is 5.97 Å². The lowest BCUT2D eigenvalue weighted by Gasteiger charge is -2.26. The van der Waals surface area contributed by atoms with E-state index in [1.54, 1.807) is 6.92 Å². The molecule has 0 spiro atoms. The predicted octanol–water partition coefficient (Wildman–Crippen LogP) is 3.59. The first-order valence-electron chi connectivity index (χ1n) is 9.93. The van der Waals surface area contributed by atoms with Crippen molar-refractivity contribution in [2.75, 3.05) is 6.61 Å². The smallest absolute Gasteiger partial charge is 0.351 e. The molecule has 4 rings (SSSR count). The number of aliphatic imine (C=N–C) groups is 1. The van der Waals surface area contributed by atoms with Crippen LogP contribution in [0.4, 0.5) is 0 Å². The van der Waals surface area contributed by atoms with E-state index in [-0.39, 0.29) is 35.1 Å². The van der Waals surface area contributed by atoms with E-state index in [1.807, 2.05) is 66.7 Å². The minimum atomic E-state index is -0.802. The maximum atomic E-state index is 12.5. The summed E-state index contributed by atoms with van der Waals surface area (Å²) in [5.74, 6) is -1.30. The Kier molecular flexibility index (Phi) is 5.57. The summed E-state index contributed by atoms with van der Waals surface area (Å²) in [7, 11) is 0. The summed E-state index contributed by atoms with van der Waals surface area (Å²) < 4.78 is 10.9. The topological polar surface area (TPSA) is 121 Å². The van der Waals surface area contributed by atoms with Gasteiger partial charge in [-0.25, -0.2) is 9.79 Å². The van der Waals surface area contributed by atoms with Gasteiger partial charge in [-0.1, -0.05) is 60.7 Å². The van der Waals surface area contributed by atoms with Crippen LogP contribution in [0.3, 0.4) is 0 Å². The molecule has 7 heteroatoms. The van der Waals surface area contributed by atoms with Crippen LogP contribution in [0.1, 0.15) is 24.0 Å². The van der Waals surface area contributed by atoms with E-state index in [2.05, 4.69) is 11.1 Å². The van der Waals surface area contributed by atoms with E-state index in [9.17, 15) is 15.3 Å². The molecule has 0 amide bonds. The van der Waals surface area contributed by atoms with Gasteiger partial charge in [0.15, 0.2) is 11.3 Å². The van der Waals surface area contributed by atoms with Crippen molar-refractivity contribution in [3.8, 4) is 12.1 Å². The highest BCUT2D eigenvalue weighted by atomic mass is 16.5. The van der Waals surface area contributed by atoms with Crippen LogP contribution >= 0.6 is 0 Å². The number of allylic oxidation sites excluding steroid dienone is 2. The first-order valence-corrected chi connectivity index (χ1v) is 9.93. The van der Waals surface area contributed by atoms with E-state index in [0.717, 1.165) is 11.1 Å². The Labute approximate surface area is 185 Å². The van der Waals surface area contributed by atoms with Gasteiger partial charge in [0.1, 0.15) is 23.4 Å². The Balaban J connectivity index is 2.03. The van der Waals surface area contributed by atoms with Gasteiger partial charge in [0.25, 0.3) is 0 Å². The van der Waals surface area contributed by atoms with E-state index >= 15 is 0 Å². The monoisotopic (exact) mass is 422 g/mol. The number of esters is 1. The molecule has 2 aliphatic heterocycles. The summed E-state index contributed by atoms with van der Waals surface area (Å²) in [6, 6.07) is 22.7. The third-order valence-electron chi connectivity index (χ3n) is 5.12. The summed E-state index contributed by atoms with van der Waals surface area (Å²) in [5, 5.41) is 19.6. The fourth-order valence-electron chi connectivity index (χ4n) is 3.76. The fourth-order valence-corrected chi connectivity index (χ4v) is 3.76. The van der Waals surface area contributed by atoms with Crippen LogP contribution < -0.4 is 5.73 Å². The molecule has 2 aromatic rings. The van der Waals surface area contributed by atoms with Gasteiger partial charge in [0, 0.05) is 11.1 Å². The van der Waals surface area contributed by atoms with Crippen molar-refractivity contribution in [3.05, 3.63) is 106 Å². The highest BCUT2D eigenvalue weighted by molar-refractivity contribution is 6.18. The molecule has 2 aliphatic rings. The summed E-state index contributed by atoms with van der Waals surface area (Å²) >= 11 is 0. The van der Waals surface area contributed by atoms with Crippen molar-refractivity contribution in [1.29, 1.82) is 10.5 Å². The Morgan fingerprint density at radius 1 is 1.12 bits per heavy atom. The maximum Gasteiger partial charge on any atom is 0.351 e. The number of rotatable bonds is 4. The molecule has 2 heterocycles. The fraction of sp³-hybridized carbons (Fsp3) is 0.120. The highest BCUT2D eigenvalue weighted by Gasteiger charge is 2.42. The molecular formula is C25H18N4O3. The second-order valence-corrected chi connectivity index (χ2v) is 6.96. The van der Waals surface area contributed by atoms with Crippen LogP contribution in [0.5, 0.6) is 0 Å². The van der Waals surface area contributed by atoms with Crippen molar-refractivity contribution < 1.29 is 14.3 Å². The minimum Gasteiger partial charge on any atom is -0.462 e. The number of hydrogen-bond acceptors (Lipinski definition) is 7. The van der Waals surface area contributed by atoms with Gasteiger partial charge in [-0.3, -0.25) is 0 Å². The third-order valence-corrected chi connectivity index (χ3v) is 5.12. The zero-order valence-corrected chi connectivity index (χ0v) is 17.2. The number of carbonyl (C=O) groups is 1. The Morgan fingerprint density at radius 2 is 1.78 bits per heavy atom. The Morgan fingerprint density at radius 3 is 2.38 bits per heavy atom. The average molecular weight is 422 g/mol.